The van der Waals surface area contributed by atoms with Gasteiger partial charge in [0.2, 0.25) is 6.41 Å². The predicted molar refractivity (Wildman–Crippen MR) is 102 cm³/mol. The summed E-state index contributed by atoms with van der Waals surface area (Å²) in [7, 11) is 0.826. The third kappa shape index (κ3) is 7.48. The maximum atomic E-state index is 10.8. The maximum absolute atomic E-state index is 10.8. The van der Waals surface area contributed by atoms with Crippen LogP contribution in [-0.2, 0) is 25.4 Å². The number of hydrogen-bond acceptors (Lipinski definition) is 6. The van der Waals surface area contributed by atoms with E-state index in [0.29, 0.717) is 6.41 Å². The summed E-state index contributed by atoms with van der Waals surface area (Å²) in [5.41, 5.74) is 1.11. The van der Waals surface area contributed by atoms with E-state index in [2.05, 4.69) is 28.7 Å². The van der Waals surface area contributed by atoms with E-state index < -0.39 is 16.5 Å². The minimum Gasteiger partial charge on any atom is -0.382 e. The molecular formula is C18H27N3O5S. The van der Waals surface area contributed by atoms with E-state index in [-0.39, 0.29) is 17.6 Å². The summed E-state index contributed by atoms with van der Waals surface area (Å²) in [5.74, 6) is 0. The van der Waals surface area contributed by atoms with Gasteiger partial charge in [-0.05, 0) is 38.2 Å². The Bertz CT molecular complexity index is 731. The first kappa shape index (κ1) is 22.8. The lowest BCUT2D eigenvalue weighted by Crippen LogP contribution is -2.31. The van der Waals surface area contributed by atoms with Crippen molar-refractivity contribution in [2.24, 2.45) is 4.36 Å². The van der Waals surface area contributed by atoms with Crippen LogP contribution in [0.4, 0.5) is 4.79 Å². The van der Waals surface area contributed by atoms with Crippen molar-refractivity contribution in [1.29, 1.82) is 0 Å². The molecule has 3 amide bonds. The minimum absolute atomic E-state index is 0.0885. The van der Waals surface area contributed by atoms with Crippen molar-refractivity contribution >= 4 is 22.9 Å². The van der Waals surface area contributed by atoms with E-state index in [0.717, 1.165) is 25.7 Å². The molecule has 1 aliphatic rings. The molecule has 0 bridgehead atoms. The lowest BCUT2D eigenvalue weighted by molar-refractivity contribution is -0.108. The number of rotatable bonds is 8. The molecule has 2 rings (SSSR count). The van der Waals surface area contributed by atoms with Gasteiger partial charge < -0.3 is 10.1 Å². The van der Waals surface area contributed by atoms with E-state index in [1.54, 1.807) is 7.11 Å². The summed E-state index contributed by atoms with van der Waals surface area (Å²) < 4.78 is 30.7. The van der Waals surface area contributed by atoms with Crippen LogP contribution in [0, 0.1) is 0 Å². The van der Waals surface area contributed by atoms with Gasteiger partial charge >= 0.3 is 16.5 Å². The zero-order valence-corrected chi connectivity index (χ0v) is 16.7. The van der Waals surface area contributed by atoms with Crippen LogP contribution in [0.1, 0.15) is 38.2 Å². The number of hydrogen-bond donors (Lipinski definition) is 2. The number of methoxy groups -OCH3 is 1. The first-order valence-electron chi connectivity index (χ1n) is 8.70. The van der Waals surface area contributed by atoms with E-state index in [9.17, 15) is 18.0 Å². The molecule has 0 saturated heterocycles. The van der Waals surface area contributed by atoms with Crippen LogP contribution in [0.5, 0.6) is 0 Å². The number of carbonyl (C=O) groups excluding carboxylic acids is 2. The number of benzene rings is 1. The van der Waals surface area contributed by atoms with Gasteiger partial charge in [-0.3, -0.25) is 10.1 Å². The molecule has 1 aliphatic carbocycles. The molecule has 3 unspecified atom stereocenters. The molecule has 0 spiro atoms. The van der Waals surface area contributed by atoms with Crippen molar-refractivity contribution in [2.45, 2.75) is 50.2 Å². The van der Waals surface area contributed by atoms with E-state index >= 15 is 0 Å². The highest BCUT2D eigenvalue weighted by Crippen LogP contribution is 2.54. The van der Waals surface area contributed by atoms with Crippen LogP contribution in [-0.4, -0.2) is 47.2 Å². The third-order valence-electron chi connectivity index (χ3n) is 4.65. The van der Waals surface area contributed by atoms with E-state index in [1.807, 2.05) is 23.5 Å². The molecular weight excluding hydrogens is 370 g/mol. The first-order valence-corrected chi connectivity index (χ1v) is 9.73. The fraction of sp³-hybridized carbons (Fsp3) is 0.556. The minimum atomic E-state index is -2.32. The van der Waals surface area contributed by atoms with Gasteiger partial charge in [-0.2, -0.15) is 12.8 Å². The van der Waals surface area contributed by atoms with Crippen LogP contribution in [0.2, 0.25) is 0 Å². The number of ether oxygens (including phenoxy) is 1. The molecule has 0 aliphatic heterocycles. The highest BCUT2D eigenvalue weighted by Gasteiger charge is 2.55. The Hall–Kier alpha value is -2.26. The number of nitrogens with zero attached hydrogens (tertiary/aromatic N) is 1. The smallest absolute Gasteiger partial charge is 0.320 e. The number of carbonyl (C=O) groups is 2. The topological polar surface area (TPSA) is 114 Å². The number of imide groups is 1. The summed E-state index contributed by atoms with van der Waals surface area (Å²) in [6, 6.07) is 9.53. The van der Waals surface area contributed by atoms with E-state index in [4.69, 9.17) is 4.74 Å². The average Bonchev–Trinajstić information content (AvgIpc) is 3.35. The highest BCUT2D eigenvalue weighted by atomic mass is 32.2. The van der Waals surface area contributed by atoms with Gasteiger partial charge in [-0.1, -0.05) is 30.3 Å². The van der Waals surface area contributed by atoms with Crippen LogP contribution >= 0.6 is 0 Å². The van der Waals surface area contributed by atoms with Gasteiger partial charge in [0, 0.05) is 19.6 Å². The Kier molecular flexibility index (Phi) is 9.66. The summed E-state index contributed by atoms with van der Waals surface area (Å²) in [5, 5.41) is 4.05. The van der Waals surface area contributed by atoms with Gasteiger partial charge in [0.05, 0.1) is 12.1 Å². The van der Waals surface area contributed by atoms with Crippen LogP contribution in [0.15, 0.2) is 34.7 Å². The van der Waals surface area contributed by atoms with Gasteiger partial charge in [-0.15, -0.1) is 0 Å². The van der Waals surface area contributed by atoms with Gasteiger partial charge in [-0.25, -0.2) is 4.79 Å². The molecule has 9 heteroatoms. The molecule has 150 valence electrons. The van der Waals surface area contributed by atoms with Crippen molar-refractivity contribution < 1.29 is 22.7 Å². The van der Waals surface area contributed by atoms with Crippen LogP contribution in [0.3, 0.4) is 0 Å². The molecule has 1 aromatic carbocycles. The van der Waals surface area contributed by atoms with Crippen molar-refractivity contribution in [3.05, 3.63) is 35.9 Å². The lowest BCUT2D eigenvalue weighted by Gasteiger charge is -2.17. The monoisotopic (exact) mass is 397 g/mol. The van der Waals surface area contributed by atoms with Crippen LogP contribution < -0.4 is 10.6 Å². The van der Waals surface area contributed by atoms with Gasteiger partial charge in [0.15, 0.2) is 0 Å². The third-order valence-corrected chi connectivity index (χ3v) is 5.08. The summed E-state index contributed by atoms with van der Waals surface area (Å²) in [6.45, 7) is 2.05. The number of urea groups is 1. The standard InChI is InChI=1S/C15H21NO3S.C3H6N2O2/c1-12(19-2)7-6-10-15(11-14(15)16-20(17)18)13-8-4-3-5-9-13;1-4-3(7)5-2-6/h3-5,8-9,12,14H,6-7,10-11H2,1-2H3;2H,1H3,(H2,4,5,6,7). The molecule has 0 radical (unpaired) electrons. The zero-order chi connectivity index (χ0) is 20.3. The first-order chi connectivity index (χ1) is 12.9. The van der Waals surface area contributed by atoms with Crippen LogP contribution in [0.25, 0.3) is 0 Å². The fourth-order valence-corrected chi connectivity index (χ4v) is 3.45. The molecule has 0 aromatic heterocycles. The number of nitrogens with one attached hydrogen (secondary N) is 2. The SMILES string of the molecule is CNC(=O)NC=O.COC(C)CCCC1(c2ccccc2)CC1N=S(=O)=O. The number of amides is 3. The lowest BCUT2D eigenvalue weighted by atomic mass is 9.89. The Morgan fingerprint density at radius 1 is 1.41 bits per heavy atom. The van der Waals surface area contributed by atoms with E-state index in [1.165, 1.54) is 12.6 Å². The quantitative estimate of drug-likeness (QED) is 0.652. The molecule has 2 N–H and O–H groups in total. The summed E-state index contributed by atoms with van der Waals surface area (Å²) >= 11 is 0. The second kappa shape index (κ2) is 11.5. The normalized spacial score (nSPS) is 21.1. The fourth-order valence-electron chi connectivity index (χ4n) is 2.97. The van der Waals surface area contributed by atoms with Crippen molar-refractivity contribution in [1.82, 2.24) is 10.6 Å². The molecule has 27 heavy (non-hydrogen) atoms. The zero-order valence-electron chi connectivity index (χ0n) is 15.8. The summed E-state index contributed by atoms with van der Waals surface area (Å²) in [4.78, 5) is 19.4. The Morgan fingerprint density at radius 2 is 2.07 bits per heavy atom. The molecule has 1 saturated carbocycles. The Labute approximate surface area is 161 Å². The molecule has 8 nitrogen and oxygen atoms in total. The second-order valence-electron chi connectivity index (χ2n) is 6.34. The van der Waals surface area contributed by atoms with Crippen molar-refractivity contribution in [3.8, 4) is 0 Å². The molecule has 1 fully saturated rings. The largest absolute Gasteiger partial charge is 0.382 e. The molecule has 0 heterocycles. The second-order valence-corrected chi connectivity index (χ2v) is 6.99. The van der Waals surface area contributed by atoms with Crippen molar-refractivity contribution in [2.75, 3.05) is 14.2 Å². The highest BCUT2D eigenvalue weighted by molar-refractivity contribution is 7.61. The molecule has 3 atom stereocenters. The van der Waals surface area contributed by atoms with Gasteiger partial charge in [0.25, 0.3) is 0 Å². The predicted octanol–water partition coefficient (Wildman–Crippen LogP) is 2.04. The maximum Gasteiger partial charge on any atom is 0.320 e. The molecule has 1 aromatic rings. The average molecular weight is 397 g/mol. The van der Waals surface area contributed by atoms with Crippen molar-refractivity contribution in [3.63, 3.8) is 0 Å². The Balaban J connectivity index is 0.000000445. The van der Waals surface area contributed by atoms with Gasteiger partial charge in [0.1, 0.15) is 0 Å². The Morgan fingerprint density at radius 3 is 2.56 bits per heavy atom. The summed E-state index contributed by atoms with van der Waals surface area (Å²) in [6.07, 6.45) is 4.34.